The van der Waals surface area contributed by atoms with Crippen molar-refractivity contribution in [3.8, 4) is 0 Å². The molecule has 0 aliphatic carbocycles. The minimum absolute atomic E-state index is 0.0207. The monoisotopic (exact) mass is 219 g/mol. The third-order valence-electron chi connectivity index (χ3n) is 2.71. The predicted molar refractivity (Wildman–Crippen MR) is 57.0 cm³/mol. The van der Waals surface area contributed by atoms with E-state index < -0.39 is 5.91 Å². The van der Waals surface area contributed by atoms with Crippen LogP contribution >= 0.6 is 0 Å². The summed E-state index contributed by atoms with van der Waals surface area (Å²) in [6.07, 6.45) is 3.63. The van der Waals surface area contributed by atoms with Gasteiger partial charge in [0.05, 0.1) is 5.92 Å². The molecule has 2 amide bonds. The number of hydrogen-bond acceptors (Lipinski definition) is 3. The third-order valence-corrected chi connectivity index (χ3v) is 2.71. The third kappa shape index (κ3) is 2.18. The van der Waals surface area contributed by atoms with Gasteiger partial charge in [0.2, 0.25) is 11.8 Å². The summed E-state index contributed by atoms with van der Waals surface area (Å²) in [4.78, 5) is 28.2. The summed E-state index contributed by atoms with van der Waals surface area (Å²) in [5.74, 6) is -0.765. The Morgan fingerprint density at radius 2 is 2.44 bits per heavy atom. The summed E-state index contributed by atoms with van der Waals surface area (Å²) in [6.45, 7) is 0.916. The van der Waals surface area contributed by atoms with Gasteiger partial charge in [0.15, 0.2) is 0 Å². The van der Waals surface area contributed by atoms with Crippen molar-refractivity contribution >= 4 is 11.8 Å². The Hall–Kier alpha value is -1.91. The van der Waals surface area contributed by atoms with Crippen LogP contribution in [-0.2, 0) is 16.1 Å². The van der Waals surface area contributed by atoms with Gasteiger partial charge in [-0.25, -0.2) is 0 Å². The second-order valence-electron chi connectivity index (χ2n) is 3.94. The van der Waals surface area contributed by atoms with Crippen molar-refractivity contribution in [3.63, 3.8) is 0 Å². The quantitative estimate of drug-likeness (QED) is 0.772. The predicted octanol–water partition coefficient (Wildman–Crippen LogP) is -0.0846. The Morgan fingerprint density at radius 3 is 3.00 bits per heavy atom. The van der Waals surface area contributed by atoms with E-state index in [1.807, 2.05) is 12.1 Å². The molecular formula is C11H13N3O2. The van der Waals surface area contributed by atoms with Crippen LogP contribution in [0.4, 0.5) is 0 Å². The van der Waals surface area contributed by atoms with Gasteiger partial charge in [0, 0.05) is 31.9 Å². The normalized spacial score (nSPS) is 20.1. The van der Waals surface area contributed by atoms with Gasteiger partial charge in [0.25, 0.3) is 0 Å². The maximum atomic E-state index is 11.6. The molecule has 2 N–H and O–H groups in total. The molecule has 1 aromatic heterocycles. The molecule has 0 bridgehead atoms. The first-order valence-electron chi connectivity index (χ1n) is 5.13. The molecule has 1 aromatic rings. The number of hydrogen-bond donors (Lipinski definition) is 1. The summed E-state index contributed by atoms with van der Waals surface area (Å²) in [5.41, 5.74) is 6.14. The number of carbonyl (C=O) groups is 2. The van der Waals surface area contributed by atoms with Crippen LogP contribution in [0.5, 0.6) is 0 Å². The molecule has 5 nitrogen and oxygen atoms in total. The molecule has 0 spiro atoms. The zero-order valence-electron chi connectivity index (χ0n) is 8.80. The lowest BCUT2D eigenvalue weighted by Crippen LogP contribution is -2.28. The van der Waals surface area contributed by atoms with Crippen LogP contribution in [0.1, 0.15) is 12.0 Å². The highest BCUT2D eigenvalue weighted by molar-refractivity contribution is 5.88. The summed E-state index contributed by atoms with van der Waals surface area (Å²) >= 11 is 0. The Morgan fingerprint density at radius 1 is 1.62 bits per heavy atom. The van der Waals surface area contributed by atoms with E-state index in [0.29, 0.717) is 13.1 Å². The zero-order chi connectivity index (χ0) is 11.5. The fourth-order valence-electron chi connectivity index (χ4n) is 1.83. The van der Waals surface area contributed by atoms with Crippen molar-refractivity contribution in [1.29, 1.82) is 0 Å². The molecule has 84 valence electrons. The van der Waals surface area contributed by atoms with Gasteiger partial charge >= 0.3 is 0 Å². The van der Waals surface area contributed by atoms with E-state index in [0.717, 1.165) is 5.56 Å². The maximum Gasteiger partial charge on any atom is 0.223 e. The van der Waals surface area contributed by atoms with Gasteiger partial charge in [-0.15, -0.1) is 0 Å². The zero-order valence-corrected chi connectivity index (χ0v) is 8.80. The van der Waals surface area contributed by atoms with Crippen molar-refractivity contribution in [1.82, 2.24) is 9.88 Å². The minimum Gasteiger partial charge on any atom is -0.369 e. The van der Waals surface area contributed by atoms with E-state index in [2.05, 4.69) is 4.98 Å². The smallest absolute Gasteiger partial charge is 0.223 e. The number of amides is 2. The Labute approximate surface area is 93.3 Å². The highest BCUT2D eigenvalue weighted by atomic mass is 16.2. The molecule has 0 aromatic carbocycles. The number of pyridine rings is 1. The lowest BCUT2D eigenvalue weighted by atomic mass is 10.1. The molecule has 2 rings (SSSR count). The van der Waals surface area contributed by atoms with Gasteiger partial charge in [-0.05, 0) is 11.6 Å². The molecule has 2 heterocycles. The molecule has 0 unspecified atom stereocenters. The lowest BCUT2D eigenvalue weighted by Gasteiger charge is -2.15. The van der Waals surface area contributed by atoms with Crippen molar-refractivity contribution in [2.75, 3.05) is 6.54 Å². The standard InChI is InChI=1S/C11H13N3O2/c12-11(16)9-4-10(15)14(7-9)6-8-2-1-3-13-5-8/h1-3,5,9H,4,6-7H2,(H2,12,16)/t9-/m1/s1. The number of primary amides is 1. The first-order valence-corrected chi connectivity index (χ1v) is 5.13. The molecule has 0 saturated carbocycles. The van der Waals surface area contributed by atoms with Crippen LogP contribution in [0, 0.1) is 5.92 Å². The Bertz CT molecular complexity index is 405. The molecule has 1 fully saturated rings. The SMILES string of the molecule is NC(=O)[C@@H]1CC(=O)N(Cc2cccnc2)C1. The second kappa shape index (κ2) is 4.30. The number of aromatic nitrogens is 1. The summed E-state index contributed by atoms with van der Waals surface area (Å²) < 4.78 is 0. The van der Waals surface area contributed by atoms with Gasteiger partial charge in [0.1, 0.15) is 0 Å². The Kier molecular flexibility index (Phi) is 2.85. The van der Waals surface area contributed by atoms with E-state index >= 15 is 0 Å². The van der Waals surface area contributed by atoms with Crippen LogP contribution in [0.15, 0.2) is 24.5 Å². The second-order valence-corrected chi connectivity index (χ2v) is 3.94. The van der Waals surface area contributed by atoms with E-state index in [-0.39, 0.29) is 18.2 Å². The lowest BCUT2D eigenvalue weighted by molar-refractivity contribution is -0.128. The number of nitrogens with two attached hydrogens (primary N) is 1. The fraction of sp³-hybridized carbons (Fsp3) is 0.364. The molecule has 16 heavy (non-hydrogen) atoms. The van der Waals surface area contributed by atoms with Crippen LogP contribution < -0.4 is 5.73 Å². The van der Waals surface area contributed by atoms with Crippen LogP contribution in [0.2, 0.25) is 0 Å². The molecule has 1 saturated heterocycles. The number of likely N-dealkylation sites (tertiary alicyclic amines) is 1. The molecule has 0 radical (unpaired) electrons. The first kappa shape index (κ1) is 10.6. The van der Waals surface area contributed by atoms with E-state index in [4.69, 9.17) is 5.73 Å². The van der Waals surface area contributed by atoms with Crippen LogP contribution in [-0.4, -0.2) is 28.2 Å². The van der Waals surface area contributed by atoms with Crippen molar-refractivity contribution in [2.24, 2.45) is 11.7 Å². The maximum absolute atomic E-state index is 11.6. The van der Waals surface area contributed by atoms with E-state index in [1.54, 1.807) is 17.3 Å². The highest BCUT2D eigenvalue weighted by Gasteiger charge is 2.32. The molecule has 5 heteroatoms. The summed E-state index contributed by atoms with van der Waals surface area (Å²) in [5, 5.41) is 0. The average molecular weight is 219 g/mol. The van der Waals surface area contributed by atoms with E-state index in [9.17, 15) is 9.59 Å². The molecule has 1 atom stereocenters. The molecule has 1 aliphatic rings. The van der Waals surface area contributed by atoms with Crippen molar-refractivity contribution in [2.45, 2.75) is 13.0 Å². The fourth-order valence-corrected chi connectivity index (χ4v) is 1.83. The van der Waals surface area contributed by atoms with Crippen LogP contribution in [0.25, 0.3) is 0 Å². The number of rotatable bonds is 3. The summed E-state index contributed by atoms with van der Waals surface area (Å²) in [6, 6.07) is 3.72. The van der Waals surface area contributed by atoms with Gasteiger partial charge in [-0.2, -0.15) is 0 Å². The van der Waals surface area contributed by atoms with Crippen LogP contribution in [0.3, 0.4) is 0 Å². The molecule has 1 aliphatic heterocycles. The van der Waals surface area contributed by atoms with E-state index in [1.165, 1.54) is 0 Å². The van der Waals surface area contributed by atoms with Crippen molar-refractivity contribution < 1.29 is 9.59 Å². The number of nitrogens with zero attached hydrogens (tertiary/aromatic N) is 2. The highest BCUT2D eigenvalue weighted by Crippen LogP contribution is 2.19. The van der Waals surface area contributed by atoms with Gasteiger partial charge < -0.3 is 10.6 Å². The molecular weight excluding hydrogens is 206 g/mol. The summed E-state index contributed by atoms with van der Waals surface area (Å²) in [7, 11) is 0. The minimum atomic E-state index is -0.401. The van der Waals surface area contributed by atoms with Gasteiger partial charge in [-0.1, -0.05) is 6.07 Å². The largest absolute Gasteiger partial charge is 0.369 e. The average Bonchev–Trinajstić information content (AvgIpc) is 2.62. The van der Waals surface area contributed by atoms with Crippen molar-refractivity contribution in [3.05, 3.63) is 30.1 Å². The van der Waals surface area contributed by atoms with Gasteiger partial charge in [-0.3, -0.25) is 14.6 Å². The first-order chi connectivity index (χ1) is 7.66. The number of carbonyl (C=O) groups excluding carboxylic acids is 2. The Balaban J connectivity index is 2.02. The topological polar surface area (TPSA) is 76.3 Å².